The summed E-state index contributed by atoms with van der Waals surface area (Å²) in [6.07, 6.45) is 0. The molecule has 26 heavy (non-hydrogen) atoms. The molecule has 0 fully saturated rings. The summed E-state index contributed by atoms with van der Waals surface area (Å²) in [6.45, 7) is 5.23. The van der Waals surface area contributed by atoms with Gasteiger partial charge in [-0.2, -0.15) is 0 Å². The third-order valence-corrected chi connectivity index (χ3v) is 4.07. The summed E-state index contributed by atoms with van der Waals surface area (Å²) >= 11 is 0. The Bertz CT molecular complexity index is 863. The number of carbonyl (C=O) groups is 1. The first-order valence-corrected chi connectivity index (χ1v) is 8.67. The summed E-state index contributed by atoms with van der Waals surface area (Å²) in [4.78, 5) is 14.4. The van der Waals surface area contributed by atoms with Crippen LogP contribution in [0.2, 0.25) is 0 Å². The van der Waals surface area contributed by atoms with Gasteiger partial charge in [-0.3, -0.25) is 4.79 Å². The van der Waals surface area contributed by atoms with Crippen molar-refractivity contribution in [2.24, 2.45) is 0 Å². The first kappa shape index (κ1) is 17.6. The molecule has 0 unspecified atom stereocenters. The predicted molar refractivity (Wildman–Crippen MR) is 104 cm³/mol. The summed E-state index contributed by atoms with van der Waals surface area (Å²) in [5.74, 6) is 0.488. The number of rotatable bonds is 6. The third-order valence-electron chi connectivity index (χ3n) is 4.07. The van der Waals surface area contributed by atoms with E-state index in [2.05, 4.69) is 40.6 Å². The molecule has 0 aliphatic rings. The minimum Gasteiger partial charge on any atom is -0.365 e. The maximum Gasteiger partial charge on any atom is 0.278 e. The van der Waals surface area contributed by atoms with Gasteiger partial charge in [-0.1, -0.05) is 48.0 Å². The number of aromatic nitrogens is 2. The van der Waals surface area contributed by atoms with Crippen molar-refractivity contribution in [1.82, 2.24) is 10.2 Å². The van der Waals surface area contributed by atoms with Crippen molar-refractivity contribution in [3.05, 3.63) is 83.6 Å². The lowest BCUT2D eigenvalue weighted by molar-refractivity contribution is 0.0982. The number of anilines is 2. The van der Waals surface area contributed by atoms with E-state index < -0.39 is 0 Å². The number of carbonyl (C=O) groups excluding carboxylic acids is 1. The van der Waals surface area contributed by atoms with E-state index in [-0.39, 0.29) is 5.91 Å². The molecule has 0 aliphatic heterocycles. The number of para-hydroxylation sites is 1. The molecule has 0 radical (unpaired) electrons. The van der Waals surface area contributed by atoms with Gasteiger partial charge in [-0.15, -0.1) is 10.2 Å². The first-order chi connectivity index (χ1) is 12.7. The van der Waals surface area contributed by atoms with Crippen molar-refractivity contribution in [3.8, 4) is 0 Å². The Morgan fingerprint density at radius 1 is 1.00 bits per heavy atom. The van der Waals surface area contributed by atoms with E-state index in [0.29, 0.717) is 24.6 Å². The molecule has 5 nitrogen and oxygen atoms in total. The Morgan fingerprint density at radius 3 is 2.46 bits per heavy atom. The van der Waals surface area contributed by atoms with Crippen LogP contribution in [0.25, 0.3) is 0 Å². The molecule has 0 saturated heterocycles. The number of aryl methyl sites for hydroxylation is 1. The second-order valence-corrected chi connectivity index (χ2v) is 6.03. The van der Waals surface area contributed by atoms with Crippen LogP contribution in [-0.2, 0) is 6.54 Å². The number of nitrogens with one attached hydrogen (secondary N) is 1. The molecule has 1 N–H and O–H groups in total. The van der Waals surface area contributed by atoms with Crippen LogP contribution in [0.15, 0.2) is 66.7 Å². The maximum atomic E-state index is 12.7. The Balaban J connectivity index is 1.67. The Hall–Kier alpha value is -3.21. The van der Waals surface area contributed by atoms with Crippen LogP contribution in [0.4, 0.5) is 11.5 Å². The minimum atomic E-state index is -0.156. The Kier molecular flexibility index (Phi) is 5.59. The average molecular weight is 346 g/mol. The summed E-state index contributed by atoms with van der Waals surface area (Å²) in [6, 6.07) is 21.3. The zero-order valence-electron chi connectivity index (χ0n) is 15.0. The molecule has 3 aromatic rings. The van der Waals surface area contributed by atoms with Gasteiger partial charge in [0.1, 0.15) is 5.82 Å². The Labute approximate surface area is 153 Å². The molecule has 0 bridgehead atoms. The van der Waals surface area contributed by atoms with E-state index in [1.54, 1.807) is 17.0 Å². The third kappa shape index (κ3) is 4.25. The normalized spacial score (nSPS) is 10.4. The number of amides is 1. The van der Waals surface area contributed by atoms with Gasteiger partial charge in [0.25, 0.3) is 5.91 Å². The highest BCUT2D eigenvalue weighted by Gasteiger charge is 2.17. The zero-order chi connectivity index (χ0) is 18.4. The lowest BCUT2D eigenvalue weighted by Gasteiger charge is -2.20. The topological polar surface area (TPSA) is 58.1 Å². The molecular weight excluding hydrogens is 324 g/mol. The van der Waals surface area contributed by atoms with Gasteiger partial charge in [-0.05, 0) is 43.7 Å². The quantitative estimate of drug-likeness (QED) is 0.731. The fourth-order valence-electron chi connectivity index (χ4n) is 2.74. The van der Waals surface area contributed by atoms with E-state index >= 15 is 0 Å². The SMILES string of the molecule is CCN(C(=O)c1ccc(NCc2cccc(C)c2)nn1)c1ccccc1. The highest BCUT2D eigenvalue weighted by Crippen LogP contribution is 2.16. The molecule has 0 spiro atoms. The number of hydrogen-bond donors (Lipinski definition) is 1. The standard InChI is InChI=1S/C21H22N4O/c1-3-25(18-10-5-4-6-11-18)21(26)19-12-13-20(24-23-19)22-15-17-9-7-8-16(2)14-17/h4-14H,3,15H2,1-2H3,(H,22,24). The molecule has 1 aromatic heterocycles. The summed E-state index contributed by atoms with van der Waals surface area (Å²) in [5.41, 5.74) is 3.57. The highest BCUT2D eigenvalue weighted by molar-refractivity contribution is 6.04. The number of hydrogen-bond acceptors (Lipinski definition) is 4. The summed E-state index contributed by atoms with van der Waals surface area (Å²) in [5, 5.41) is 11.5. The van der Waals surface area contributed by atoms with Gasteiger partial charge >= 0.3 is 0 Å². The lowest BCUT2D eigenvalue weighted by atomic mass is 10.1. The van der Waals surface area contributed by atoms with Crippen molar-refractivity contribution in [3.63, 3.8) is 0 Å². The average Bonchev–Trinajstić information content (AvgIpc) is 2.68. The van der Waals surface area contributed by atoms with Crippen LogP contribution in [0, 0.1) is 6.92 Å². The van der Waals surface area contributed by atoms with Crippen molar-refractivity contribution in [2.75, 3.05) is 16.8 Å². The van der Waals surface area contributed by atoms with Crippen LogP contribution in [0.3, 0.4) is 0 Å². The molecule has 3 rings (SSSR count). The molecule has 2 aromatic carbocycles. The monoisotopic (exact) mass is 346 g/mol. The van der Waals surface area contributed by atoms with E-state index in [1.165, 1.54) is 11.1 Å². The molecule has 132 valence electrons. The smallest absolute Gasteiger partial charge is 0.278 e. The van der Waals surface area contributed by atoms with Crippen LogP contribution >= 0.6 is 0 Å². The fraction of sp³-hybridized carbons (Fsp3) is 0.190. The van der Waals surface area contributed by atoms with Gasteiger partial charge in [0.15, 0.2) is 5.69 Å². The molecular formula is C21H22N4O. The first-order valence-electron chi connectivity index (χ1n) is 8.67. The number of benzene rings is 2. The van der Waals surface area contributed by atoms with Crippen molar-refractivity contribution < 1.29 is 4.79 Å². The van der Waals surface area contributed by atoms with Crippen LogP contribution < -0.4 is 10.2 Å². The molecule has 0 saturated carbocycles. The fourth-order valence-corrected chi connectivity index (χ4v) is 2.74. The van der Waals surface area contributed by atoms with Gasteiger partial charge in [0, 0.05) is 18.8 Å². The second kappa shape index (κ2) is 8.25. The van der Waals surface area contributed by atoms with Gasteiger partial charge in [0.2, 0.25) is 0 Å². The largest absolute Gasteiger partial charge is 0.365 e. The maximum absolute atomic E-state index is 12.7. The number of nitrogens with zero attached hydrogens (tertiary/aromatic N) is 3. The highest BCUT2D eigenvalue weighted by atomic mass is 16.2. The molecule has 1 heterocycles. The van der Waals surface area contributed by atoms with E-state index in [1.807, 2.05) is 43.3 Å². The van der Waals surface area contributed by atoms with E-state index in [9.17, 15) is 4.79 Å². The second-order valence-electron chi connectivity index (χ2n) is 6.03. The van der Waals surface area contributed by atoms with Crippen LogP contribution in [-0.4, -0.2) is 22.6 Å². The van der Waals surface area contributed by atoms with Crippen molar-refractivity contribution >= 4 is 17.4 Å². The van der Waals surface area contributed by atoms with Gasteiger partial charge in [-0.25, -0.2) is 0 Å². The zero-order valence-corrected chi connectivity index (χ0v) is 15.0. The van der Waals surface area contributed by atoms with Crippen molar-refractivity contribution in [1.29, 1.82) is 0 Å². The van der Waals surface area contributed by atoms with E-state index in [4.69, 9.17) is 0 Å². The van der Waals surface area contributed by atoms with Gasteiger partial charge < -0.3 is 10.2 Å². The lowest BCUT2D eigenvalue weighted by Crippen LogP contribution is -2.31. The minimum absolute atomic E-state index is 0.156. The molecule has 1 amide bonds. The van der Waals surface area contributed by atoms with Crippen LogP contribution in [0.5, 0.6) is 0 Å². The molecule has 0 aliphatic carbocycles. The predicted octanol–water partition coefficient (Wildman–Crippen LogP) is 4.06. The van der Waals surface area contributed by atoms with E-state index in [0.717, 1.165) is 5.69 Å². The van der Waals surface area contributed by atoms with Gasteiger partial charge in [0.05, 0.1) is 0 Å². The summed E-state index contributed by atoms with van der Waals surface area (Å²) < 4.78 is 0. The molecule has 5 heteroatoms. The Morgan fingerprint density at radius 2 is 1.81 bits per heavy atom. The van der Waals surface area contributed by atoms with Crippen LogP contribution in [0.1, 0.15) is 28.5 Å². The van der Waals surface area contributed by atoms with Crippen molar-refractivity contribution in [2.45, 2.75) is 20.4 Å². The molecule has 0 atom stereocenters. The summed E-state index contributed by atoms with van der Waals surface area (Å²) in [7, 11) is 0.